The van der Waals surface area contributed by atoms with E-state index in [9.17, 15) is 9.90 Å². The number of carboxylic acids is 1. The molecule has 0 saturated carbocycles. The van der Waals surface area contributed by atoms with Gasteiger partial charge in [0.25, 0.3) is 0 Å². The molecule has 2 N–H and O–H groups in total. The number of H-pyrrole nitrogens is 1. The number of anilines is 1. The van der Waals surface area contributed by atoms with Gasteiger partial charge in [-0.15, -0.1) is 0 Å². The predicted octanol–water partition coefficient (Wildman–Crippen LogP) is 4.75. The molecule has 3 aromatic carbocycles. The van der Waals surface area contributed by atoms with Gasteiger partial charge in [0.2, 0.25) is 0 Å². The van der Waals surface area contributed by atoms with E-state index in [1.807, 2.05) is 44.4 Å². The summed E-state index contributed by atoms with van der Waals surface area (Å²) in [5.41, 5.74) is 5.30. The molecule has 0 amide bonds. The zero-order chi connectivity index (χ0) is 17.6. The van der Waals surface area contributed by atoms with Gasteiger partial charge in [0.1, 0.15) is 0 Å². The Morgan fingerprint density at radius 1 is 0.920 bits per heavy atom. The maximum atomic E-state index is 11.7. The maximum Gasteiger partial charge on any atom is 0.336 e. The van der Waals surface area contributed by atoms with Crippen LogP contribution in [-0.2, 0) is 0 Å². The van der Waals surface area contributed by atoms with E-state index in [0.717, 1.165) is 38.6 Å². The lowest BCUT2D eigenvalue weighted by Gasteiger charge is -2.14. The Balaban J connectivity index is 2.10. The molecular weight excluding hydrogens is 312 g/mol. The average Bonchev–Trinajstić information content (AvgIpc) is 3.00. The Morgan fingerprint density at radius 3 is 2.32 bits per heavy atom. The second-order valence-corrected chi connectivity index (χ2v) is 6.33. The monoisotopic (exact) mass is 330 g/mol. The second-order valence-electron chi connectivity index (χ2n) is 6.33. The number of carboxylic acid groups (broad SMARTS) is 1. The van der Waals surface area contributed by atoms with Crippen LogP contribution < -0.4 is 4.90 Å². The highest BCUT2D eigenvalue weighted by Gasteiger charge is 2.16. The van der Waals surface area contributed by atoms with Crippen LogP contribution in [0.2, 0.25) is 0 Å². The third-order valence-corrected chi connectivity index (χ3v) is 4.55. The number of hydrogen-bond acceptors (Lipinski definition) is 2. The highest BCUT2D eigenvalue weighted by Crippen LogP contribution is 2.37. The number of carbonyl (C=O) groups is 1. The SMILES string of the molecule is CN(C)c1cccc(-c2cccc3[nH]c4cccc(C(=O)O)c4c23)c1. The molecule has 0 atom stereocenters. The minimum atomic E-state index is -0.914. The second kappa shape index (κ2) is 5.67. The third-order valence-electron chi connectivity index (χ3n) is 4.55. The van der Waals surface area contributed by atoms with Crippen molar-refractivity contribution in [2.24, 2.45) is 0 Å². The fourth-order valence-electron chi connectivity index (χ4n) is 3.37. The van der Waals surface area contributed by atoms with E-state index in [1.165, 1.54) is 0 Å². The summed E-state index contributed by atoms with van der Waals surface area (Å²) in [4.78, 5) is 17.1. The Hall–Kier alpha value is -3.27. The first-order valence-corrected chi connectivity index (χ1v) is 8.11. The summed E-state index contributed by atoms with van der Waals surface area (Å²) in [5.74, 6) is -0.914. The van der Waals surface area contributed by atoms with Gasteiger partial charge in [-0.3, -0.25) is 0 Å². The molecule has 4 aromatic rings. The lowest BCUT2D eigenvalue weighted by Crippen LogP contribution is -2.08. The van der Waals surface area contributed by atoms with Gasteiger partial charge >= 0.3 is 5.97 Å². The summed E-state index contributed by atoms with van der Waals surface area (Å²) >= 11 is 0. The topological polar surface area (TPSA) is 56.3 Å². The van der Waals surface area contributed by atoms with Crippen LogP contribution in [0.1, 0.15) is 10.4 Å². The molecular formula is C21H18N2O2. The summed E-state index contributed by atoms with van der Waals surface area (Å²) < 4.78 is 0. The van der Waals surface area contributed by atoms with Crippen LogP contribution in [0.15, 0.2) is 60.7 Å². The smallest absolute Gasteiger partial charge is 0.336 e. The Morgan fingerprint density at radius 2 is 1.60 bits per heavy atom. The minimum Gasteiger partial charge on any atom is -0.478 e. The summed E-state index contributed by atoms with van der Waals surface area (Å²) in [5, 5.41) is 11.3. The molecule has 0 aliphatic rings. The van der Waals surface area contributed by atoms with E-state index in [-0.39, 0.29) is 0 Å². The molecule has 0 aliphatic carbocycles. The molecule has 1 aromatic heterocycles. The van der Waals surface area contributed by atoms with Gasteiger partial charge in [-0.05, 0) is 41.5 Å². The van der Waals surface area contributed by atoms with Crippen molar-refractivity contribution in [2.45, 2.75) is 0 Å². The number of aromatic amines is 1. The number of nitrogens with zero attached hydrogens (tertiary/aromatic N) is 1. The molecule has 0 aliphatic heterocycles. The van der Waals surface area contributed by atoms with Crippen molar-refractivity contribution in [3.05, 3.63) is 66.2 Å². The lowest BCUT2D eigenvalue weighted by atomic mass is 9.97. The molecule has 25 heavy (non-hydrogen) atoms. The number of aromatic nitrogens is 1. The van der Waals surface area contributed by atoms with E-state index in [4.69, 9.17) is 0 Å². The van der Waals surface area contributed by atoms with Crippen molar-refractivity contribution in [1.82, 2.24) is 4.98 Å². The van der Waals surface area contributed by atoms with Crippen molar-refractivity contribution in [1.29, 1.82) is 0 Å². The molecule has 4 nitrogen and oxygen atoms in total. The van der Waals surface area contributed by atoms with E-state index < -0.39 is 5.97 Å². The van der Waals surface area contributed by atoms with Crippen LogP contribution in [0.4, 0.5) is 5.69 Å². The number of hydrogen-bond donors (Lipinski definition) is 2. The molecule has 0 saturated heterocycles. The maximum absolute atomic E-state index is 11.7. The Labute approximate surface area is 145 Å². The quantitative estimate of drug-likeness (QED) is 0.570. The van der Waals surface area contributed by atoms with E-state index >= 15 is 0 Å². The van der Waals surface area contributed by atoms with Crippen molar-refractivity contribution in [3.8, 4) is 11.1 Å². The molecule has 124 valence electrons. The van der Waals surface area contributed by atoms with Gasteiger partial charge in [-0.1, -0.05) is 30.3 Å². The van der Waals surface area contributed by atoms with Crippen LogP contribution >= 0.6 is 0 Å². The van der Waals surface area contributed by atoms with Gasteiger partial charge in [0.05, 0.1) is 5.56 Å². The summed E-state index contributed by atoms with van der Waals surface area (Å²) in [7, 11) is 4.02. The molecule has 0 fully saturated rings. The fourth-order valence-corrected chi connectivity index (χ4v) is 3.37. The minimum absolute atomic E-state index is 0.319. The first-order chi connectivity index (χ1) is 12.1. The largest absolute Gasteiger partial charge is 0.478 e. The van der Waals surface area contributed by atoms with Gasteiger partial charge in [-0.2, -0.15) is 0 Å². The van der Waals surface area contributed by atoms with Gasteiger partial charge < -0.3 is 15.0 Å². The number of rotatable bonds is 3. The third kappa shape index (κ3) is 2.43. The molecule has 4 rings (SSSR count). The average molecular weight is 330 g/mol. The zero-order valence-electron chi connectivity index (χ0n) is 14.1. The van der Waals surface area contributed by atoms with Crippen LogP contribution in [0.3, 0.4) is 0 Å². The van der Waals surface area contributed by atoms with E-state index in [2.05, 4.69) is 28.1 Å². The van der Waals surface area contributed by atoms with Crippen LogP contribution in [0, 0.1) is 0 Å². The van der Waals surface area contributed by atoms with E-state index in [1.54, 1.807) is 12.1 Å². The van der Waals surface area contributed by atoms with Gasteiger partial charge in [0, 0.05) is 41.6 Å². The number of nitrogens with one attached hydrogen (secondary N) is 1. The summed E-state index contributed by atoms with van der Waals surface area (Å²) in [6, 6.07) is 19.6. The molecule has 4 heteroatoms. The zero-order valence-corrected chi connectivity index (χ0v) is 14.1. The first kappa shape index (κ1) is 15.3. The van der Waals surface area contributed by atoms with Crippen LogP contribution in [0.5, 0.6) is 0 Å². The molecule has 0 radical (unpaired) electrons. The standard InChI is InChI=1S/C21H18N2O2/c1-23(2)14-7-3-6-13(12-14)15-8-4-10-17-19(15)20-16(21(24)25)9-5-11-18(20)22-17/h3-12,22H,1-2H3,(H,24,25). The molecule has 0 bridgehead atoms. The molecule has 0 unspecified atom stereocenters. The normalized spacial score (nSPS) is 11.1. The summed E-state index contributed by atoms with van der Waals surface area (Å²) in [6.45, 7) is 0. The molecule has 1 heterocycles. The van der Waals surface area contributed by atoms with Gasteiger partial charge in [0.15, 0.2) is 0 Å². The van der Waals surface area contributed by atoms with Crippen molar-refractivity contribution in [3.63, 3.8) is 0 Å². The molecule has 0 spiro atoms. The number of fused-ring (bicyclic) bond motifs is 3. The predicted molar refractivity (Wildman–Crippen MR) is 103 cm³/mol. The van der Waals surface area contributed by atoms with Crippen LogP contribution in [-0.4, -0.2) is 30.2 Å². The van der Waals surface area contributed by atoms with Crippen molar-refractivity contribution < 1.29 is 9.90 Å². The highest BCUT2D eigenvalue weighted by molar-refractivity contribution is 6.20. The van der Waals surface area contributed by atoms with E-state index in [0.29, 0.717) is 5.56 Å². The number of benzene rings is 3. The van der Waals surface area contributed by atoms with Crippen molar-refractivity contribution >= 4 is 33.5 Å². The Bertz CT molecular complexity index is 1110. The first-order valence-electron chi connectivity index (χ1n) is 8.11. The number of aromatic carboxylic acids is 1. The van der Waals surface area contributed by atoms with Crippen molar-refractivity contribution in [2.75, 3.05) is 19.0 Å². The fraction of sp³-hybridized carbons (Fsp3) is 0.0952. The Kier molecular flexibility index (Phi) is 3.46. The van der Waals surface area contributed by atoms with Gasteiger partial charge in [-0.25, -0.2) is 4.79 Å². The highest BCUT2D eigenvalue weighted by atomic mass is 16.4. The lowest BCUT2D eigenvalue weighted by molar-refractivity contribution is 0.0699. The summed E-state index contributed by atoms with van der Waals surface area (Å²) in [6.07, 6.45) is 0. The van der Waals surface area contributed by atoms with Crippen LogP contribution in [0.25, 0.3) is 32.9 Å².